The van der Waals surface area contributed by atoms with Crippen molar-refractivity contribution in [3.63, 3.8) is 0 Å². The van der Waals surface area contributed by atoms with E-state index >= 15 is 0 Å². The minimum Gasteiger partial charge on any atom is -0.372 e. The van der Waals surface area contributed by atoms with E-state index in [9.17, 15) is 14.0 Å². The number of hydrogen-bond acceptors (Lipinski definition) is 4. The summed E-state index contributed by atoms with van der Waals surface area (Å²) in [6.07, 6.45) is 3.66. The lowest BCUT2D eigenvalue weighted by Crippen LogP contribution is -2.32. The molecule has 34 heavy (non-hydrogen) atoms. The van der Waals surface area contributed by atoms with Crippen LogP contribution in [-0.2, 0) is 9.59 Å². The summed E-state index contributed by atoms with van der Waals surface area (Å²) in [5.74, 6) is -1.27. The third-order valence-corrected chi connectivity index (χ3v) is 6.33. The molecule has 5 nitrogen and oxygen atoms in total. The summed E-state index contributed by atoms with van der Waals surface area (Å²) >= 11 is 0. The van der Waals surface area contributed by atoms with E-state index in [1.165, 1.54) is 48.4 Å². The Kier molecular flexibility index (Phi) is 5.88. The van der Waals surface area contributed by atoms with Crippen molar-refractivity contribution in [1.29, 1.82) is 0 Å². The minimum atomic E-state index is -0.436. The van der Waals surface area contributed by atoms with E-state index < -0.39 is 17.6 Å². The number of benzene rings is 3. The van der Waals surface area contributed by atoms with Gasteiger partial charge in [0.2, 0.25) is 0 Å². The van der Waals surface area contributed by atoms with Crippen LogP contribution in [0, 0.1) is 12.7 Å². The molecule has 5 rings (SSSR count). The number of carbonyl (C=O) groups excluding carboxylic acids is 2. The number of imide groups is 1. The number of amides is 2. The average molecular weight is 456 g/mol. The van der Waals surface area contributed by atoms with Crippen LogP contribution >= 0.6 is 0 Å². The maximum Gasteiger partial charge on any atom is 0.282 e. The predicted molar refractivity (Wildman–Crippen MR) is 133 cm³/mol. The number of hydrogen-bond donors (Lipinski definition) is 1. The van der Waals surface area contributed by atoms with Crippen molar-refractivity contribution in [2.24, 2.45) is 0 Å². The van der Waals surface area contributed by atoms with Crippen molar-refractivity contribution in [2.75, 3.05) is 28.2 Å². The third kappa shape index (κ3) is 4.19. The Morgan fingerprint density at radius 2 is 1.50 bits per heavy atom. The molecule has 2 aliphatic rings. The molecule has 1 N–H and O–H groups in total. The molecule has 2 aliphatic heterocycles. The minimum absolute atomic E-state index is 0.184. The molecule has 1 fully saturated rings. The fourth-order valence-electron chi connectivity index (χ4n) is 4.58. The van der Waals surface area contributed by atoms with Crippen LogP contribution in [0.2, 0.25) is 0 Å². The van der Waals surface area contributed by atoms with Gasteiger partial charge in [0.25, 0.3) is 11.8 Å². The molecule has 2 amide bonds. The Morgan fingerprint density at radius 3 is 2.18 bits per heavy atom. The van der Waals surface area contributed by atoms with Gasteiger partial charge in [-0.15, -0.1) is 0 Å². The maximum atomic E-state index is 13.6. The van der Waals surface area contributed by atoms with Gasteiger partial charge in [0.05, 0.1) is 11.3 Å². The standard InChI is InChI=1S/C28H26FN3O2/c1-19-6-5-7-24(18-19)32-27(33)25(20-8-10-21(29)11-9-20)26(28(32)34)30-22-12-14-23(15-13-22)31-16-3-2-4-17-31/h5-15,18,30H,2-4,16-17H2,1H3. The normalized spacial score (nSPS) is 16.4. The van der Waals surface area contributed by atoms with E-state index in [-0.39, 0.29) is 11.3 Å². The molecule has 2 heterocycles. The van der Waals surface area contributed by atoms with Crippen LogP contribution < -0.4 is 15.1 Å². The zero-order chi connectivity index (χ0) is 23.7. The lowest BCUT2D eigenvalue weighted by atomic mass is 10.0. The molecule has 0 radical (unpaired) electrons. The Morgan fingerprint density at radius 1 is 0.794 bits per heavy atom. The number of nitrogens with zero attached hydrogens (tertiary/aromatic N) is 2. The smallest absolute Gasteiger partial charge is 0.282 e. The quantitative estimate of drug-likeness (QED) is 0.515. The molecular weight excluding hydrogens is 429 g/mol. The van der Waals surface area contributed by atoms with Crippen LogP contribution in [0.4, 0.5) is 21.5 Å². The van der Waals surface area contributed by atoms with Crippen molar-refractivity contribution in [2.45, 2.75) is 26.2 Å². The Labute approximate surface area is 198 Å². The molecule has 3 aromatic rings. The summed E-state index contributed by atoms with van der Waals surface area (Å²) in [7, 11) is 0. The van der Waals surface area contributed by atoms with E-state index in [0.29, 0.717) is 16.9 Å². The summed E-state index contributed by atoms with van der Waals surface area (Å²) in [5, 5.41) is 3.18. The van der Waals surface area contributed by atoms with E-state index in [2.05, 4.69) is 10.2 Å². The van der Waals surface area contributed by atoms with Crippen molar-refractivity contribution in [3.05, 3.63) is 95.4 Å². The number of aryl methyl sites for hydroxylation is 1. The van der Waals surface area contributed by atoms with Gasteiger partial charge < -0.3 is 10.2 Å². The number of halogens is 1. The highest BCUT2D eigenvalue weighted by Crippen LogP contribution is 2.34. The van der Waals surface area contributed by atoms with Crippen LogP contribution in [0.3, 0.4) is 0 Å². The zero-order valence-corrected chi connectivity index (χ0v) is 19.1. The van der Waals surface area contributed by atoms with Gasteiger partial charge in [0.15, 0.2) is 0 Å². The first kappa shape index (κ1) is 21.9. The molecule has 0 aliphatic carbocycles. The largest absolute Gasteiger partial charge is 0.372 e. The highest BCUT2D eigenvalue weighted by Gasteiger charge is 2.40. The summed E-state index contributed by atoms with van der Waals surface area (Å²) in [6, 6.07) is 20.8. The Balaban J connectivity index is 1.50. The molecule has 0 unspecified atom stereocenters. The lowest BCUT2D eigenvalue weighted by molar-refractivity contribution is -0.120. The number of nitrogens with one attached hydrogen (secondary N) is 1. The Hall–Kier alpha value is -3.93. The fourth-order valence-corrected chi connectivity index (χ4v) is 4.58. The first-order valence-electron chi connectivity index (χ1n) is 11.6. The maximum absolute atomic E-state index is 13.6. The second-order valence-electron chi connectivity index (χ2n) is 8.76. The zero-order valence-electron chi connectivity index (χ0n) is 19.1. The van der Waals surface area contributed by atoms with Crippen molar-refractivity contribution in [1.82, 2.24) is 0 Å². The summed E-state index contributed by atoms with van der Waals surface area (Å²) in [5.41, 5.74) is 4.21. The molecule has 1 saturated heterocycles. The monoisotopic (exact) mass is 455 g/mol. The second kappa shape index (κ2) is 9.14. The van der Waals surface area contributed by atoms with E-state index in [4.69, 9.17) is 0 Å². The van der Waals surface area contributed by atoms with Crippen molar-refractivity contribution < 1.29 is 14.0 Å². The van der Waals surface area contributed by atoms with Crippen LogP contribution in [0.25, 0.3) is 5.57 Å². The van der Waals surface area contributed by atoms with Gasteiger partial charge in [0, 0.05) is 24.5 Å². The summed E-state index contributed by atoms with van der Waals surface area (Å²) in [4.78, 5) is 30.5. The molecule has 172 valence electrons. The fraction of sp³-hybridized carbons (Fsp3) is 0.214. The van der Waals surface area contributed by atoms with Crippen molar-refractivity contribution >= 4 is 34.4 Å². The Bertz CT molecular complexity index is 1260. The first-order valence-corrected chi connectivity index (χ1v) is 11.6. The van der Waals surface area contributed by atoms with Crippen LogP contribution in [0.5, 0.6) is 0 Å². The predicted octanol–water partition coefficient (Wildman–Crippen LogP) is 5.52. The molecule has 0 aromatic heterocycles. The van der Waals surface area contributed by atoms with E-state index in [1.807, 2.05) is 43.3 Å². The van der Waals surface area contributed by atoms with Gasteiger partial charge in [-0.25, -0.2) is 9.29 Å². The molecule has 0 bridgehead atoms. The van der Waals surface area contributed by atoms with E-state index in [0.717, 1.165) is 24.3 Å². The molecule has 0 spiro atoms. The van der Waals surface area contributed by atoms with Gasteiger partial charge in [-0.3, -0.25) is 9.59 Å². The van der Waals surface area contributed by atoms with Gasteiger partial charge in [-0.2, -0.15) is 0 Å². The SMILES string of the molecule is Cc1cccc(N2C(=O)C(Nc3ccc(N4CCCCC4)cc3)=C(c3ccc(F)cc3)C2=O)c1. The first-order chi connectivity index (χ1) is 16.5. The molecule has 0 saturated carbocycles. The van der Waals surface area contributed by atoms with Crippen LogP contribution in [0.1, 0.15) is 30.4 Å². The molecule has 3 aromatic carbocycles. The molecule has 0 atom stereocenters. The topological polar surface area (TPSA) is 52.7 Å². The third-order valence-electron chi connectivity index (χ3n) is 6.33. The van der Waals surface area contributed by atoms with Crippen molar-refractivity contribution in [3.8, 4) is 0 Å². The van der Waals surface area contributed by atoms with Crippen LogP contribution in [-0.4, -0.2) is 24.9 Å². The van der Waals surface area contributed by atoms with Gasteiger partial charge >= 0.3 is 0 Å². The van der Waals surface area contributed by atoms with Crippen LogP contribution in [0.15, 0.2) is 78.5 Å². The second-order valence-corrected chi connectivity index (χ2v) is 8.76. The highest BCUT2D eigenvalue weighted by molar-refractivity contribution is 6.46. The molecule has 6 heteroatoms. The van der Waals surface area contributed by atoms with Gasteiger partial charge in [0.1, 0.15) is 11.5 Å². The summed E-state index contributed by atoms with van der Waals surface area (Å²) < 4.78 is 13.6. The molecular formula is C28H26FN3O2. The lowest BCUT2D eigenvalue weighted by Gasteiger charge is -2.28. The van der Waals surface area contributed by atoms with E-state index in [1.54, 1.807) is 12.1 Å². The number of piperidine rings is 1. The average Bonchev–Trinajstić information content (AvgIpc) is 3.10. The highest BCUT2D eigenvalue weighted by atomic mass is 19.1. The van der Waals surface area contributed by atoms with Gasteiger partial charge in [-0.05, 0) is 85.8 Å². The van der Waals surface area contributed by atoms with Gasteiger partial charge in [-0.1, -0.05) is 24.3 Å². The number of rotatable bonds is 5. The summed E-state index contributed by atoms with van der Waals surface area (Å²) in [6.45, 7) is 4.00. The number of anilines is 3. The number of carbonyl (C=O) groups is 2.